The van der Waals surface area contributed by atoms with Crippen LogP contribution in [0.2, 0.25) is 0 Å². The van der Waals surface area contributed by atoms with Crippen LogP contribution in [-0.4, -0.2) is 35.6 Å². The van der Waals surface area contributed by atoms with Gasteiger partial charge in [0.05, 0.1) is 12.2 Å². The number of aliphatic hydroxyl groups is 2. The average Bonchev–Trinajstić information content (AvgIpc) is 2.38. The lowest BCUT2D eigenvalue weighted by Gasteiger charge is -2.10. The Morgan fingerprint density at radius 2 is 1.45 bits per heavy atom. The minimum Gasteiger partial charge on any atom is -0.396 e. The second-order valence-corrected chi connectivity index (χ2v) is 2.98. The van der Waals surface area contributed by atoms with Gasteiger partial charge < -0.3 is 14.9 Å². The van der Waals surface area contributed by atoms with E-state index in [0.717, 1.165) is 25.7 Å². The van der Waals surface area contributed by atoms with Crippen molar-refractivity contribution in [2.24, 2.45) is 0 Å². The van der Waals surface area contributed by atoms with Crippen molar-refractivity contribution >= 4 is 0 Å². The maximum Gasteiger partial charge on any atom is 0.0601 e. The standard InChI is InChI=1S/C8H16O3/c9-5-3-7-1-2-8(11-7)4-6-10/h7-10H,1-6H2. The van der Waals surface area contributed by atoms with Crippen molar-refractivity contribution in [1.29, 1.82) is 0 Å². The van der Waals surface area contributed by atoms with Gasteiger partial charge in [0.1, 0.15) is 0 Å². The molecule has 0 aromatic carbocycles. The summed E-state index contributed by atoms with van der Waals surface area (Å²) in [6, 6.07) is 0. The van der Waals surface area contributed by atoms with Gasteiger partial charge in [-0.25, -0.2) is 0 Å². The fraction of sp³-hybridized carbons (Fsp3) is 1.00. The van der Waals surface area contributed by atoms with Gasteiger partial charge in [0.25, 0.3) is 0 Å². The summed E-state index contributed by atoms with van der Waals surface area (Å²) in [7, 11) is 0. The summed E-state index contributed by atoms with van der Waals surface area (Å²) in [5.74, 6) is 0. The molecule has 11 heavy (non-hydrogen) atoms. The first-order valence-corrected chi connectivity index (χ1v) is 4.24. The first-order valence-electron chi connectivity index (χ1n) is 4.24. The van der Waals surface area contributed by atoms with Crippen LogP contribution in [0, 0.1) is 0 Å². The van der Waals surface area contributed by atoms with E-state index in [1.807, 2.05) is 0 Å². The van der Waals surface area contributed by atoms with Crippen molar-refractivity contribution in [3.63, 3.8) is 0 Å². The molecule has 2 unspecified atom stereocenters. The molecule has 1 heterocycles. The van der Waals surface area contributed by atoms with Crippen LogP contribution in [0.5, 0.6) is 0 Å². The average molecular weight is 160 g/mol. The number of hydrogen-bond acceptors (Lipinski definition) is 3. The van der Waals surface area contributed by atoms with Gasteiger partial charge in [0.2, 0.25) is 0 Å². The minimum absolute atomic E-state index is 0.205. The van der Waals surface area contributed by atoms with Gasteiger partial charge in [-0.15, -0.1) is 0 Å². The molecule has 2 atom stereocenters. The fourth-order valence-electron chi connectivity index (χ4n) is 1.49. The monoisotopic (exact) mass is 160 g/mol. The summed E-state index contributed by atoms with van der Waals surface area (Å²) in [6.07, 6.45) is 4.01. The SMILES string of the molecule is OCCC1CCC(CCO)O1. The first kappa shape index (κ1) is 8.97. The predicted octanol–water partition coefficient (Wildman–Crippen LogP) is 0.299. The van der Waals surface area contributed by atoms with Crippen molar-refractivity contribution in [3.05, 3.63) is 0 Å². The number of rotatable bonds is 4. The molecule has 1 aliphatic heterocycles. The highest BCUT2D eigenvalue weighted by molar-refractivity contribution is 4.72. The first-order chi connectivity index (χ1) is 5.36. The van der Waals surface area contributed by atoms with Crippen molar-refractivity contribution in [2.75, 3.05) is 13.2 Å². The predicted molar refractivity (Wildman–Crippen MR) is 41.3 cm³/mol. The molecule has 1 rings (SSSR count). The zero-order chi connectivity index (χ0) is 8.10. The van der Waals surface area contributed by atoms with E-state index in [4.69, 9.17) is 14.9 Å². The topological polar surface area (TPSA) is 49.7 Å². The Balaban J connectivity index is 2.12. The quantitative estimate of drug-likeness (QED) is 0.622. The second-order valence-electron chi connectivity index (χ2n) is 2.98. The van der Waals surface area contributed by atoms with Crippen molar-refractivity contribution in [1.82, 2.24) is 0 Å². The highest BCUT2D eigenvalue weighted by Gasteiger charge is 2.23. The summed E-state index contributed by atoms with van der Waals surface area (Å²) < 4.78 is 5.52. The summed E-state index contributed by atoms with van der Waals surface area (Å²) in [4.78, 5) is 0. The number of hydrogen-bond donors (Lipinski definition) is 2. The van der Waals surface area contributed by atoms with Gasteiger partial charge in [0, 0.05) is 13.2 Å². The van der Waals surface area contributed by atoms with E-state index in [1.54, 1.807) is 0 Å². The molecule has 0 saturated carbocycles. The van der Waals surface area contributed by atoms with Crippen molar-refractivity contribution in [3.8, 4) is 0 Å². The van der Waals surface area contributed by atoms with Gasteiger partial charge in [-0.1, -0.05) is 0 Å². The van der Waals surface area contributed by atoms with Crippen LogP contribution in [0.4, 0.5) is 0 Å². The molecule has 66 valence electrons. The van der Waals surface area contributed by atoms with E-state index >= 15 is 0 Å². The van der Waals surface area contributed by atoms with Gasteiger partial charge in [-0.05, 0) is 25.7 Å². The molecule has 0 bridgehead atoms. The molecule has 0 amide bonds. The molecule has 0 radical (unpaired) electrons. The van der Waals surface area contributed by atoms with Gasteiger partial charge >= 0.3 is 0 Å². The smallest absolute Gasteiger partial charge is 0.0601 e. The molecular weight excluding hydrogens is 144 g/mol. The van der Waals surface area contributed by atoms with Crippen LogP contribution in [0.25, 0.3) is 0 Å². The molecule has 2 N–H and O–H groups in total. The highest BCUT2D eigenvalue weighted by Crippen LogP contribution is 2.23. The largest absolute Gasteiger partial charge is 0.396 e. The van der Waals surface area contributed by atoms with Crippen LogP contribution < -0.4 is 0 Å². The Kier molecular flexibility index (Phi) is 3.83. The maximum atomic E-state index is 8.61. The molecule has 3 heteroatoms. The van der Waals surface area contributed by atoms with Crippen molar-refractivity contribution in [2.45, 2.75) is 37.9 Å². The van der Waals surface area contributed by atoms with E-state index in [-0.39, 0.29) is 25.4 Å². The van der Waals surface area contributed by atoms with Crippen LogP contribution in [-0.2, 0) is 4.74 Å². The van der Waals surface area contributed by atoms with E-state index < -0.39 is 0 Å². The molecule has 0 aliphatic carbocycles. The normalized spacial score (nSPS) is 31.1. The van der Waals surface area contributed by atoms with E-state index in [0.29, 0.717) is 0 Å². The lowest BCUT2D eigenvalue weighted by atomic mass is 10.1. The van der Waals surface area contributed by atoms with E-state index in [9.17, 15) is 0 Å². The summed E-state index contributed by atoms with van der Waals surface area (Å²) in [5.41, 5.74) is 0. The van der Waals surface area contributed by atoms with Gasteiger partial charge in [-0.3, -0.25) is 0 Å². The molecule has 0 spiro atoms. The Hall–Kier alpha value is -0.120. The zero-order valence-corrected chi connectivity index (χ0v) is 6.70. The minimum atomic E-state index is 0.205. The third kappa shape index (κ3) is 2.77. The molecule has 0 aromatic heterocycles. The summed E-state index contributed by atoms with van der Waals surface area (Å²) in [5, 5.41) is 17.2. The summed E-state index contributed by atoms with van der Waals surface area (Å²) >= 11 is 0. The Labute approximate surface area is 67.0 Å². The molecular formula is C8H16O3. The second kappa shape index (κ2) is 4.70. The van der Waals surface area contributed by atoms with E-state index in [2.05, 4.69) is 0 Å². The number of aliphatic hydroxyl groups excluding tert-OH is 2. The van der Waals surface area contributed by atoms with Crippen LogP contribution in [0.1, 0.15) is 25.7 Å². The highest BCUT2D eigenvalue weighted by atomic mass is 16.5. The molecule has 1 saturated heterocycles. The third-order valence-corrected chi connectivity index (χ3v) is 2.10. The van der Waals surface area contributed by atoms with Gasteiger partial charge in [-0.2, -0.15) is 0 Å². The maximum absolute atomic E-state index is 8.61. The Morgan fingerprint density at radius 1 is 1.00 bits per heavy atom. The Morgan fingerprint density at radius 3 is 1.82 bits per heavy atom. The fourth-order valence-corrected chi connectivity index (χ4v) is 1.49. The molecule has 1 fully saturated rings. The number of ether oxygens (including phenoxy) is 1. The van der Waals surface area contributed by atoms with Crippen molar-refractivity contribution < 1.29 is 14.9 Å². The lowest BCUT2D eigenvalue weighted by Crippen LogP contribution is -2.13. The van der Waals surface area contributed by atoms with Crippen LogP contribution in [0.15, 0.2) is 0 Å². The van der Waals surface area contributed by atoms with Crippen LogP contribution >= 0.6 is 0 Å². The van der Waals surface area contributed by atoms with Gasteiger partial charge in [0.15, 0.2) is 0 Å². The van der Waals surface area contributed by atoms with E-state index in [1.165, 1.54) is 0 Å². The summed E-state index contributed by atoms with van der Waals surface area (Å²) in [6.45, 7) is 0.410. The molecule has 3 nitrogen and oxygen atoms in total. The zero-order valence-electron chi connectivity index (χ0n) is 6.70. The van der Waals surface area contributed by atoms with Crippen LogP contribution in [0.3, 0.4) is 0 Å². The molecule has 0 aromatic rings. The third-order valence-electron chi connectivity index (χ3n) is 2.10. The Bertz CT molecular complexity index is 93.5. The lowest BCUT2D eigenvalue weighted by molar-refractivity contribution is 0.0194. The molecule has 1 aliphatic rings.